The fourth-order valence-electron chi connectivity index (χ4n) is 2.07. The number of alkyl halides is 4. The molecule has 1 aromatic carbocycles. The molecule has 0 unspecified atom stereocenters. The van der Waals surface area contributed by atoms with Crippen molar-refractivity contribution in [2.45, 2.75) is 31.9 Å². The SMILES string of the molecule is Cc1ccccc1OCC(=O)N1N=C(C(F)F)C[C@@]1(O)C(F)F. The Bertz CT molecular complexity index is 624. The van der Waals surface area contributed by atoms with Crippen molar-refractivity contribution in [3.8, 4) is 5.75 Å². The zero-order chi connectivity index (χ0) is 17.2. The number of aryl methyl sites for hydroxylation is 1. The maximum Gasteiger partial charge on any atom is 0.287 e. The summed E-state index contributed by atoms with van der Waals surface area (Å²) >= 11 is 0. The second-order valence-electron chi connectivity index (χ2n) is 5.01. The molecule has 5 nitrogen and oxygen atoms in total. The fourth-order valence-corrected chi connectivity index (χ4v) is 2.07. The average molecular weight is 334 g/mol. The topological polar surface area (TPSA) is 62.1 Å². The summed E-state index contributed by atoms with van der Waals surface area (Å²) in [5.41, 5.74) is -3.36. The van der Waals surface area contributed by atoms with E-state index in [0.717, 1.165) is 0 Å². The lowest BCUT2D eigenvalue weighted by molar-refractivity contribution is -0.193. The van der Waals surface area contributed by atoms with Gasteiger partial charge >= 0.3 is 0 Å². The van der Waals surface area contributed by atoms with Gasteiger partial charge in [0.15, 0.2) is 6.61 Å². The number of carbonyl (C=O) groups excluding carboxylic acids is 1. The van der Waals surface area contributed by atoms with Crippen molar-refractivity contribution < 1.29 is 32.2 Å². The highest BCUT2D eigenvalue weighted by atomic mass is 19.3. The lowest BCUT2D eigenvalue weighted by Gasteiger charge is -2.29. The van der Waals surface area contributed by atoms with Crippen molar-refractivity contribution in [1.29, 1.82) is 0 Å². The predicted molar refractivity (Wildman–Crippen MR) is 72.5 cm³/mol. The van der Waals surface area contributed by atoms with Gasteiger partial charge in [-0.2, -0.15) is 10.1 Å². The standard InChI is InChI=1S/C14H14F4N2O3/c1-8-4-2-3-5-10(8)23-7-11(21)20-14(22,13(17)18)6-9(19-20)12(15)16/h2-5,12-13,22H,6-7H2,1H3/t14-/m1/s1. The van der Waals surface area contributed by atoms with E-state index >= 15 is 0 Å². The van der Waals surface area contributed by atoms with Crippen LogP contribution in [0.1, 0.15) is 12.0 Å². The second-order valence-corrected chi connectivity index (χ2v) is 5.01. The van der Waals surface area contributed by atoms with Gasteiger partial charge < -0.3 is 9.84 Å². The minimum absolute atomic E-state index is 0.0164. The van der Waals surface area contributed by atoms with Crippen LogP contribution in [0.5, 0.6) is 5.75 Å². The lowest BCUT2D eigenvalue weighted by atomic mass is 10.1. The molecule has 23 heavy (non-hydrogen) atoms. The molecule has 1 N–H and O–H groups in total. The van der Waals surface area contributed by atoms with Crippen LogP contribution < -0.4 is 4.74 Å². The minimum Gasteiger partial charge on any atom is -0.483 e. The van der Waals surface area contributed by atoms with Crippen LogP contribution in [0.25, 0.3) is 0 Å². The van der Waals surface area contributed by atoms with Crippen molar-refractivity contribution in [3.63, 3.8) is 0 Å². The molecule has 1 aliphatic rings. The highest BCUT2D eigenvalue weighted by molar-refractivity contribution is 5.93. The van der Waals surface area contributed by atoms with Crippen LogP contribution in [0.2, 0.25) is 0 Å². The summed E-state index contributed by atoms with van der Waals surface area (Å²) in [7, 11) is 0. The molecule has 126 valence electrons. The van der Waals surface area contributed by atoms with Gasteiger partial charge in [-0.1, -0.05) is 18.2 Å². The van der Waals surface area contributed by atoms with Crippen LogP contribution >= 0.6 is 0 Å². The fraction of sp³-hybridized carbons (Fsp3) is 0.429. The van der Waals surface area contributed by atoms with Crippen LogP contribution in [0.15, 0.2) is 29.4 Å². The molecule has 0 saturated carbocycles. The molecule has 9 heteroatoms. The Kier molecular flexibility index (Phi) is 4.88. The molecule has 0 radical (unpaired) electrons. The highest BCUT2D eigenvalue weighted by Gasteiger charge is 2.53. The zero-order valence-electron chi connectivity index (χ0n) is 12.0. The third-order valence-electron chi connectivity index (χ3n) is 3.32. The van der Waals surface area contributed by atoms with Crippen LogP contribution in [0.3, 0.4) is 0 Å². The number of hydrogen-bond acceptors (Lipinski definition) is 4. The maximum atomic E-state index is 13.0. The Morgan fingerprint density at radius 2 is 2.04 bits per heavy atom. The number of hydrogen-bond donors (Lipinski definition) is 1. The molecule has 0 aliphatic carbocycles. The Morgan fingerprint density at radius 1 is 1.39 bits per heavy atom. The van der Waals surface area contributed by atoms with E-state index in [4.69, 9.17) is 4.74 Å². The molecule has 0 aromatic heterocycles. The van der Waals surface area contributed by atoms with Gasteiger partial charge in [0.05, 0.1) is 0 Å². The molecule has 0 spiro atoms. The second kappa shape index (κ2) is 6.53. The van der Waals surface area contributed by atoms with Crippen molar-refractivity contribution in [1.82, 2.24) is 5.01 Å². The van der Waals surface area contributed by atoms with Gasteiger partial charge in [0.1, 0.15) is 11.5 Å². The summed E-state index contributed by atoms with van der Waals surface area (Å²) in [4.78, 5) is 12.0. The third-order valence-corrected chi connectivity index (χ3v) is 3.32. The van der Waals surface area contributed by atoms with Crippen LogP contribution in [-0.2, 0) is 4.79 Å². The van der Waals surface area contributed by atoms with E-state index in [1.807, 2.05) is 0 Å². The number of para-hydroxylation sites is 1. The van der Waals surface area contributed by atoms with E-state index in [1.165, 1.54) is 0 Å². The number of benzene rings is 1. The van der Waals surface area contributed by atoms with Gasteiger partial charge in [-0.05, 0) is 18.6 Å². The predicted octanol–water partition coefficient (Wildman–Crippen LogP) is 2.18. The molecule has 0 bridgehead atoms. The molecular formula is C14H14F4N2O3. The van der Waals surface area contributed by atoms with E-state index in [1.54, 1.807) is 31.2 Å². The third kappa shape index (κ3) is 3.44. The first-order valence-electron chi connectivity index (χ1n) is 6.63. The zero-order valence-corrected chi connectivity index (χ0v) is 12.0. The first-order valence-corrected chi connectivity index (χ1v) is 6.63. The Morgan fingerprint density at radius 3 is 2.61 bits per heavy atom. The highest BCUT2D eigenvalue weighted by Crippen LogP contribution is 2.33. The molecule has 1 atom stereocenters. The number of hydrazone groups is 1. The van der Waals surface area contributed by atoms with Gasteiger partial charge in [0, 0.05) is 6.42 Å². The number of carbonyl (C=O) groups is 1. The van der Waals surface area contributed by atoms with Gasteiger partial charge in [-0.15, -0.1) is 0 Å². The number of nitrogens with zero attached hydrogens (tertiary/aromatic N) is 2. The average Bonchev–Trinajstić information content (AvgIpc) is 2.86. The van der Waals surface area contributed by atoms with Gasteiger partial charge in [0.25, 0.3) is 18.8 Å². The molecule has 1 heterocycles. The Hall–Kier alpha value is -2.16. The summed E-state index contributed by atoms with van der Waals surface area (Å²) in [6, 6.07) is 6.64. The summed E-state index contributed by atoms with van der Waals surface area (Å²) in [6.45, 7) is 0.984. The summed E-state index contributed by atoms with van der Waals surface area (Å²) < 4.78 is 56.4. The smallest absolute Gasteiger partial charge is 0.287 e. The summed E-state index contributed by atoms with van der Waals surface area (Å²) in [6.07, 6.45) is -7.71. The van der Waals surface area contributed by atoms with E-state index in [9.17, 15) is 27.5 Å². The van der Waals surface area contributed by atoms with Gasteiger partial charge in [-0.3, -0.25) is 4.79 Å². The number of amides is 1. The van der Waals surface area contributed by atoms with Gasteiger partial charge in [-0.25, -0.2) is 17.6 Å². The number of rotatable bonds is 5. The summed E-state index contributed by atoms with van der Waals surface area (Å²) in [5.74, 6) is -0.814. The first-order chi connectivity index (χ1) is 10.8. The first kappa shape index (κ1) is 17.2. The van der Waals surface area contributed by atoms with Crippen molar-refractivity contribution >= 4 is 11.6 Å². The van der Waals surface area contributed by atoms with Crippen LogP contribution in [-0.4, -0.2) is 46.9 Å². The molecule has 2 rings (SSSR count). The largest absolute Gasteiger partial charge is 0.483 e. The van der Waals surface area contributed by atoms with E-state index in [-0.39, 0.29) is 5.01 Å². The molecule has 0 saturated heterocycles. The van der Waals surface area contributed by atoms with Crippen molar-refractivity contribution in [2.75, 3.05) is 6.61 Å². The number of ether oxygens (including phenoxy) is 1. The van der Waals surface area contributed by atoms with E-state index in [2.05, 4.69) is 5.10 Å². The molecule has 1 amide bonds. The number of halogens is 4. The molecule has 1 aliphatic heterocycles. The lowest BCUT2D eigenvalue weighted by Crippen LogP contribution is -2.52. The molecule has 0 fully saturated rings. The quantitative estimate of drug-likeness (QED) is 0.840. The minimum atomic E-state index is -3.45. The molecular weight excluding hydrogens is 320 g/mol. The van der Waals surface area contributed by atoms with E-state index < -0.39 is 43.2 Å². The van der Waals surface area contributed by atoms with Crippen LogP contribution in [0.4, 0.5) is 17.6 Å². The van der Waals surface area contributed by atoms with E-state index in [0.29, 0.717) is 11.3 Å². The van der Waals surface area contributed by atoms with Crippen LogP contribution in [0, 0.1) is 6.92 Å². The molecule has 1 aromatic rings. The van der Waals surface area contributed by atoms with Gasteiger partial charge in [0.2, 0.25) is 5.72 Å². The Labute approximate surface area is 129 Å². The normalized spacial score (nSPS) is 21.0. The maximum absolute atomic E-state index is 13.0. The van der Waals surface area contributed by atoms with Crippen molar-refractivity contribution in [2.24, 2.45) is 5.10 Å². The summed E-state index contributed by atoms with van der Waals surface area (Å²) in [5, 5.41) is 12.9. The monoisotopic (exact) mass is 334 g/mol. The Balaban J connectivity index is 2.14. The van der Waals surface area contributed by atoms with Crippen molar-refractivity contribution in [3.05, 3.63) is 29.8 Å². The number of aliphatic hydroxyl groups is 1.